The van der Waals surface area contributed by atoms with Crippen molar-refractivity contribution in [3.63, 3.8) is 0 Å². The highest BCUT2D eigenvalue weighted by molar-refractivity contribution is 6.15. The predicted octanol–water partition coefficient (Wildman–Crippen LogP) is 3.87. The molecule has 118 valence electrons. The molecular formula is C20H16N2O2. The van der Waals surface area contributed by atoms with E-state index in [1.807, 2.05) is 31.2 Å². The molecule has 4 heteroatoms. The first kappa shape index (κ1) is 15.6. The third-order valence-corrected chi connectivity index (χ3v) is 3.60. The lowest BCUT2D eigenvalue weighted by Gasteiger charge is -2.11. The summed E-state index contributed by atoms with van der Waals surface area (Å²) in [5.74, 6) is -0.475. The zero-order valence-electron chi connectivity index (χ0n) is 13.2. The van der Waals surface area contributed by atoms with E-state index in [0.717, 1.165) is 5.56 Å². The fourth-order valence-electron chi connectivity index (χ4n) is 2.38. The number of rotatable bonds is 4. The minimum absolute atomic E-state index is 0.129. The number of aryl methyl sites for hydroxylation is 1. The number of hydrogen-bond donors (Lipinski definition) is 1. The molecule has 1 heterocycles. The maximum absolute atomic E-state index is 12.8. The van der Waals surface area contributed by atoms with Crippen LogP contribution in [0.15, 0.2) is 72.9 Å². The topological polar surface area (TPSA) is 59.1 Å². The van der Waals surface area contributed by atoms with Gasteiger partial charge < -0.3 is 5.32 Å². The van der Waals surface area contributed by atoms with Gasteiger partial charge in [0.25, 0.3) is 5.91 Å². The summed E-state index contributed by atoms with van der Waals surface area (Å²) in [5.41, 5.74) is 2.77. The number of ketones is 1. The van der Waals surface area contributed by atoms with Gasteiger partial charge in [-0.1, -0.05) is 48.0 Å². The molecule has 0 bridgehead atoms. The van der Waals surface area contributed by atoms with Gasteiger partial charge in [0.1, 0.15) is 5.69 Å². The number of aromatic nitrogens is 1. The average molecular weight is 316 g/mol. The molecule has 0 aliphatic rings. The van der Waals surface area contributed by atoms with E-state index < -0.39 is 0 Å². The van der Waals surface area contributed by atoms with Crippen LogP contribution in [0.5, 0.6) is 0 Å². The Labute approximate surface area is 140 Å². The number of pyridine rings is 1. The first-order valence-corrected chi connectivity index (χ1v) is 7.58. The van der Waals surface area contributed by atoms with Crippen LogP contribution in [-0.4, -0.2) is 16.7 Å². The smallest absolute Gasteiger partial charge is 0.274 e. The molecule has 3 rings (SSSR count). The van der Waals surface area contributed by atoms with Crippen molar-refractivity contribution >= 4 is 17.4 Å². The van der Waals surface area contributed by atoms with Gasteiger partial charge in [0.15, 0.2) is 5.78 Å². The molecule has 0 radical (unpaired) electrons. The molecule has 1 aromatic heterocycles. The van der Waals surface area contributed by atoms with Crippen molar-refractivity contribution in [3.05, 3.63) is 95.3 Å². The van der Waals surface area contributed by atoms with Crippen molar-refractivity contribution in [1.29, 1.82) is 0 Å². The molecule has 0 fully saturated rings. The number of nitrogens with one attached hydrogen (secondary N) is 1. The number of nitrogens with zero attached hydrogens (tertiary/aromatic N) is 1. The predicted molar refractivity (Wildman–Crippen MR) is 93.2 cm³/mol. The number of amides is 1. The summed E-state index contributed by atoms with van der Waals surface area (Å²) in [6.45, 7) is 1.91. The molecule has 0 aliphatic heterocycles. The Morgan fingerprint density at radius 2 is 1.67 bits per heavy atom. The van der Waals surface area contributed by atoms with Crippen LogP contribution in [0.25, 0.3) is 0 Å². The molecule has 2 aromatic carbocycles. The van der Waals surface area contributed by atoms with E-state index in [1.165, 1.54) is 0 Å². The van der Waals surface area contributed by atoms with Gasteiger partial charge in [-0.2, -0.15) is 0 Å². The zero-order valence-corrected chi connectivity index (χ0v) is 13.2. The monoisotopic (exact) mass is 316 g/mol. The van der Waals surface area contributed by atoms with Gasteiger partial charge in [-0.25, -0.2) is 0 Å². The Bertz CT molecular complexity index is 875. The molecule has 0 atom stereocenters. The molecule has 3 aromatic rings. The van der Waals surface area contributed by atoms with Crippen LogP contribution < -0.4 is 5.32 Å². The van der Waals surface area contributed by atoms with Crippen molar-refractivity contribution < 1.29 is 9.59 Å². The lowest BCUT2D eigenvalue weighted by Crippen LogP contribution is -2.16. The summed E-state index contributed by atoms with van der Waals surface area (Å²) in [6.07, 6.45) is 1.56. The zero-order chi connectivity index (χ0) is 16.9. The molecule has 1 amide bonds. The van der Waals surface area contributed by atoms with Crippen LogP contribution in [0, 0.1) is 6.92 Å². The summed E-state index contributed by atoms with van der Waals surface area (Å²) < 4.78 is 0. The highest BCUT2D eigenvalue weighted by Gasteiger charge is 2.16. The van der Waals surface area contributed by atoms with Crippen LogP contribution in [0.3, 0.4) is 0 Å². The molecule has 0 saturated carbocycles. The van der Waals surface area contributed by atoms with Crippen molar-refractivity contribution in [2.75, 3.05) is 5.32 Å². The molecule has 1 N–H and O–H groups in total. The minimum atomic E-state index is -0.346. The fraction of sp³-hybridized carbons (Fsp3) is 0.0500. The van der Waals surface area contributed by atoms with Crippen molar-refractivity contribution in [3.8, 4) is 0 Å². The van der Waals surface area contributed by atoms with Gasteiger partial charge >= 0.3 is 0 Å². The SMILES string of the molecule is Cc1ccc(NC(=O)c2ccccn2)c(C(=O)c2ccccc2)c1. The largest absolute Gasteiger partial charge is 0.320 e. The molecule has 0 unspecified atom stereocenters. The van der Waals surface area contributed by atoms with Crippen LogP contribution >= 0.6 is 0 Å². The Morgan fingerprint density at radius 1 is 0.917 bits per heavy atom. The lowest BCUT2D eigenvalue weighted by molar-refractivity contribution is 0.102. The number of hydrogen-bond acceptors (Lipinski definition) is 3. The van der Waals surface area contributed by atoms with Gasteiger partial charge in [-0.3, -0.25) is 14.6 Å². The fourth-order valence-corrected chi connectivity index (χ4v) is 2.38. The third kappa shape index (κ3) is 3.38. The summed E-state index contributed by atoms with van der Waals surface area (Å²) in [7, 11) is 0. The van der Waals surface area contributed by atoms with Gasteiger partial charge in [0.2, 0.25) is 0 Å². The number of benzene rings is 2. The summed E-state index contributed by atoms with van der Waals surface area (Å²) in [5, 5.41) is 2.78. The van der Waals surface area contributed by atoms with E-state index in [-0.39, 0.29) is 11.7 Å². The van der Waals surface area contributed by atoms with Crippen LogP contribution in [0.2, 0.25) is 0 Å². The molecule has 0 aliphatic carbocycles. The van der Waals surface area contributed by atoms with Crippen LogP contribution in [-0.2, 0) is 0 Å². The molecule has 0 spiro atoms. The Hall–Kier alpha value is -3.27. The van der Waals surface area contributed by atoms with E-state index >= 15 is 0 Å². The van der Waals surface area contributed by atoms with Gasteiger partial charge in [-0.15, -0.1) is 0 Å². The minimum Gasteiger partial charge on any atom is -0.320 e. The van der Waals surface area contributed by atoms with Crippen molar-refractivity contribution in [2.45, 2.75) is 6.92 Å². The normalized spacial score (nSPS) is 10.2. The van der Waals surface area contributed by atoms with Gasteiger partial charge in [-0.05, 0) is 31.2 Å². The molecule has 0 saturated heterocycles. The molecular weight excluding hydrogens is 300 g/mol. The van der Waals surface area contributed by atoms with Gasteiger partial charge in [0, 0.05) is 17.3 Å². The van der Waals surface area contributed by atoms with Crippen LogP contribution in [0.4, 0.5) is 5.69 Å². The van der Waals surface area contributed by atoms with Gasteiger partial charge in [0.05, 0.1) is 5.69 Å². The summed E-state index contributed by atoms with van der Waals surface area (Å²) >= 11 is 0. The Kier molecular flexibility index (Phi) is 4.47. The highest BCUT2D eigenvalue weighted by Crippen LogP contribution is 2.21. The lowest BCUT2D eigenvalue weighted by atomic mass is 9.99. The maximum atomic E-state index is 12.8. The van der Waals surface area contributed by atoms with E-state index in [4.69, 9.17) is 0 Å². The summed E-state index contributed by atoms with van der Waals surface area (Å²) in [4.78, 5) is 29.1. The summed E-state index contributed by atoms with van der Waals surface area (Å²) in [6, 6.07) is 19.5. The number of anilines is 1. The van der Waals surface area contributed by atoms with E-state index in [1.54, 1.807) is 48.7 Å². The number of carbonyl (C=O) groups is 2. The standard InChI is InChI=1S/C20H16N2O2/c1-14-10-11-17(22-20(24)18-9-5-6-12-21-18)16(13-14)19(23)15-7-3-2-4-8-15/h2-13H,1H3,(H,22,24). The first-order chi connectivity index (χ1) is 11.6. The van der Waals surface area contributed by atoms with E-state index in [0.29, 0.717) is 22.5 Å². The van der Waals surface area contributed by atoms with Crippen molar-refractivity contribution in [2.24, 2.45) is 0 Å². The first-order valence-electron chi connectivity index (χ1n) is 7.58. The van der Waals surface area contributed by atoms with Crippen LogP contribution in [0.1, 0.15) is 32.0 Å². The Balaban J connectivity index is 1.94. The maximum Gasteiger partial charge on any atom is 0.274 e. The third-order valence-electron chi connectivity index (χ3n) is 3.60. The molecule has 4 nitrogen and oxygen atoms in total. The second-order valence-corrected chi connectivity index (χ2v) is 5.41. The highest BCUT2D eigenvalue weighted by atomic mass is 16.2. The molecule has 24 heavy (non-hydrogen) atoms. The Morgan fingerprint density at radius 3 is 2.38 bits per heavy atom. The quantitative estimate of drug-likeness (QED) is 0.743. The van der Waals surface area contributed by atoms with E-state index in [9.17, 15) is 9.59 Å². The van der Waals surface area contributed by atoms with E-state index in [2.05, 4.69) is 10.3 Å². The average Bonchev–Trinajstić information content (AvgIpc) is 2.64. The second-order valence-electron chi connectivity index (χ2n) is 5.41. The second kappa shape index (κ2) is 6.87. The van der Waals surface area contributed by atoms with Crippen molar-refractivity contribution in [1.82, 2.24) is 4.98 Å². The number of carbonyl (C=O) groups excluding carboxylic acids is 2.